The minimum Gasteiger partial charge on any atom is -0.394 e. The van der Waals surface area contributed by atoms with Gasteiger partial charge in [0, 0.05) is 5.54 Å². The van der Waals surface area contributed by atoms with Crippen molar-refractivity contribution in [1.82, 2.24) is 5.32 Å². The van der Waals surface area contributed by atoms with Crippen molar-refractivity contribution >= 4 is 11.8 Å². The van der Waals surface area contributed by atoms with E-state index < -0.39 is 0 Å². The van der Waals surface area contributed by atoms with Gasteiger partial charge in [0.2, 0.25) is 0 Å². The fourth-order valence-electron chi connectivity index (χ4n) is 2.38. The lowest BCUT2D eigenvalue weighted by Gasteiger charge is -2.39. The maximum atomic E-state index is 9.56. The SMILES string of the molecule is CCSCCCNC1(CO)CCC(C)CC1. The summed E-state index contributed by atoms with van der Waals surface area (Å²) in [5.41, 5.74) is 0.0450. The number of aliphatic hydroxyl groups is 1. The van der Waals surface area contributed by atoms with Gasteiger partial charge in [-0.15, -0.1) is 0 Å². The molecule has 2 N–H and O–H groups in total. The highest BCUT2D eigenvalue weighted by atomic mass is 32.2. The van der Waals surface area contributed by atoms with Crippen LogP contribution in [0.2, 0.25) is 0 Å². The van der Waals surface area contributed by atoms with Crippen LogP contribution in [0.5, 0.6) is 0 Å². The van der Waals surface area contributed by atoms with E-state index in [0.29, 0.717) is 6.61 Å². The minimum absolute atomic E-state index is 0.0450. The second-order valence-electron chi connectivity index (χ2n) is 5.10. The highest BCUT2D eigenvalue weighted by Crippen LogP contribution is 2.31. The van der Waals surface area contributed by atoms with Crippen molar-refractivity contribution in [2.45, 2.75) is 51.5 Å². The van der Waals surface area contributed by atoms with Gasteiger partial charge in [-0.2, -0.15) is 11.8 Å². The van der Waals surface area contributed by atoms with Crippen LogP contribution in [-0.2, 0) is 0 Å². The van der Waals surface area contributed by atoms with Gasteiger partial charge in [-0.05, 0) is 56.1 Å². The highest BCUT2D eigenvalue weighted by molar-refractivity contribution is 7.99. The van der Waals surface area contributed by atoms with Crippen LogP contribution in [0, 0.1) is 5.92 Å². The number of thioether (sulfide) groups is 1. The van der Waals surface area contributed by atoms with Crippen LogP contribution in [0.1, 0.15) is 46.0 Å². The van der Waals surface area contributed by atoms with Crippen molar-refractivity contribution in [2.75, 3.05) is 24.7 Å². The predicted molar refractivity (Wildman–Crippen MR) is 73.1 cm³/mol. The quantitative estimate of drug-likeness (QED) is 0.676. The maximum absolute atomic E-state index is 9.56. The van der Waals surface area contributed by atoms with E-state index in [1.54, 1.807) is 0 Å². The second kappa shape index (κ2) is 7.57. The largest absolute Gasteiger partial charge is 0.394 e. The van der Waals surface area contributed by atoms with Crippen LogP contribution >= 0.6 is 11.8 Å². The molecular formula is C13H27NOS. The molecule has 0 aromatic heterocycles. The monoisotopic (exact) mass is 245 g/mol. The number of hydrogen-bond acceptors (Lipinski definition) is 3. The van der Waals surface area contributed by atoms with Crippen molar-refractivity contribution in [2.24, 2.45) is 5.92 Å². The Hall–Kier alpha value is 0.270. The van der Waals surface area contributed by atoms with Gasteiger partial charge < -0.3 is 10.4 Å². The molecule has 0 unspecified atom stereocenters. The summed E-state index contributed by atoms with van der Waals surface area (Å²) in [7, 11) is 0. The average molecular weight is 245 g/mol. The molecule has 3 heteroatoms. The zero-order chi connectivity index (χ0) is 11.9. The Labute approximate surface area is 105 Å². The van der Waals surface area contributed by atoms with Crippen molar-refractivity contribution < 1.29 is 5.11 Å². The van der Waals surface area contributed by atoms with Crippen LogP contribution < -0.4 is 5.32 Å². The molecule has 0 atom stereocenters. The molecule has 1 saturated carbocycles. The predicted octanol–water partition coefficient (Wildman–Crippen LogP) is 2.66. The Kier molecular flexibility index (Phi) is 6.78. The van der Waals surface area contributed by atoms with E-state index in [9.17, 15) is 5.11 Å². The molecule has 0 radical (unpaired) electrons. The van der Waals surface area contributed by atoms with E-state index in [-0.39, 0.29) is 5.54 Å². The Morgan fingerprint density at radius 1 is 1.38 bits per heavy atom. The Bertz CT molecular complexity index is 179. The zero-order valence-corrected chi connectivity index (χ0v) is 11.6. The van der Waals surface area contributed by atoms with Gasteiger partial charge >= 0.3 is 0 Å². The number of rotatable bonds is 7. The van der Waals surface area contributed by atoms with Gasteiger partial charge in [0.15, 0.2) is 0 Å². The molecule has 0 spiro atoms. The Morgan fingerprint density at radius 2 is 2.06 bits per heavy atom. The van der Waals surface area contributed by atoms with Crippen molar-refractivity contribution in [3.05, 3.63) is 0 Å². The molecule has 1 rings (SSSR count). The van der Waals surface area contributed by atoms with E-state index in [1.807, 2.05) is 11.8 Å². The van der Waals surface area contributed by atoms with Gasteiger partial charge in [-0.1, -0.05) is 13.8 Å². The van der Waals surface area contributed by atoms with Crippen LogP contribution in [-0.4, -0.2) is 35.3 Å². The third-order valence-corrected chi connectivity index (χ3v) is 4.69. The highest BCUT2D eigenvalue weighted by Gasteiger charge is 2.32. The number of hydrogen-bond donors (Lipinski definition) is 2. The number of aliphatic hydroxyl groups excluding tert-OH is 1. The first kappa shape index (κ1) is 14.3. The molecule has 0 amide bonds. The summed E-state index contributed by atoms with van der Waals surface area (Å²) in [6.07, 6.45) is 6.03. The first-order chi connectivity index (χ1) is 7.72. The van der Waals surface area contributed by atoms with Crippen LogP contribution in [0.15, 0.2) is 0 Å². The van der Waals surface area contributed by atoms with Crippen molar-refractivity contribution in [3.8, 4) is 0 Å². The molecule has 16 heavy (non-hydrogen) atoms. The van der Waals surface area contributed by atoms with Crippen molar-refractivity contribution in [3.63, 3.8) is 0 Å². The topological polar surface area (TPSA) is 32.3 Å². The molecule has 0 heterocycles. The van der Waals surface area contributed by atoms with Crippen molar-refractivity contribution in [1.29, 1.82) is 0 Å². The molecule has 96 valence electrons. The first-order valence-corrected chi connectivity index (χ1v) is 7.81. The standard InChI is InChI=1S/C13H27NOS/c1-3-16-10-4-9-14-13(11-15)7-5-12(2)6-8-13/h12,14-15H,3-11H2,1-2H3. The second-order valence-corrected chi connectivity index (χ2v) is 6.49. The summed E-state index contributed by atoms with van der Waals surface area (Å²) >= 11 is 2.00. The van der Waals surface area contributed by atoms with Gasteiger partial charge in [-0.25, -0.2) is 0 Å². The summed E-state index contributed by atoms with van der Waals surface area (Å²) < 4.78 is 0. The maximum Gasteiger partial charge on any atom is 0.0613 e. The van der Waals surface area contributed by atoms with E-state index in [2.05, 4.69) is 19.2 Å². The molecular weight excluding hydrogens is 218 g/mol. The summed E-state index contributed by atoms with van der Waals surface area (Å²) in [6, 6.07) is 0. The number of nitrogens with one attached hydrogen (secondary N) is 1. The minimum atomic E-state index is 0.0450. The molecule has 0 aliphatic heterocycles. The summed E-state index contributed by atoms with van der Waals surface area (Å²) in [4.78, 5) is 0. The van der Waals surface area contributed by atoms with E-state index >= 15 is 0 Å². The third-order valence-electron chi connectivity index (χ3n) is 3.70. The van der Waals surface area contributed by atoms with Gasteiger partial charge in [-0.3, -0.25) is 0 Å². The lowest BCUT2D eigenvalue weighted by atomic mass is 9.77. The molecule has 0 saturated heterocycles. The van der Waals surface area contributed by atoms with Gasteiger partial charge in [0.25, 0.3) is 0 Å². The molecule has 1 aliphatic carbocycles. The molecule has 1 aliphatic rings. The first-order valence-electron chi connectivity index (χ1n) is 6.66. The Balaban J connectivity index is 2.20. The smallest absolute Gasteiger partial charge is 0.0613 e. The van der Waals surface area contributed by atoms with Gasteiger partial charge in [0.1, 0.15) is 0 Å². The zero-order valence-electron chi connectivity index (χ0n) is 10.8. The van der Waals surface area contributed by atoms with E-state index in [4.69, 9.17) is 0 Å². The molecule has 2 nitrogen and oxygen atoms in total. The van der Waals surface area contributed by atoms with Crippen LogP contribution in [0.25, 0.3) is 0 Å². The normalized spacial score (nSPS) is 30.6. The fraction of sp³-hybridized carbons (Fsp3) is 1.00. The molecule has 0 aromatic rings. The third kappa shape index (κ3) is 4.64. The molecule has 1 fully saturated rings. The summed E-state index contributed by atoms with van der Waals surface area (Å²) in [5, 5.41) is 13.2. The molecule has 0 aromatic carbocycles. The summed E-state index contributed by atoms with van der Waals surface area (Å²) in [5.74, 6) is 3.29. The lowest BCUT2D eigenvalue weighted by molar-refractivity contribution is 0.106. The van der Waals surface area contributed by atoms with E-state index in [0.717, 1.165) is 25.3 Å². The summed E-state index contributed by atoms with van der Waals surface area (Å²) in [6.45, 7) is 5.89. The lowest BCUT2D eigenvalue weighted by Crippen LogP contribution is -2.51. The molecule has 0 bridgehead atoms. The Morgan fingerprint density at radius 3 is 2.62 bits per heavy atom. The average Bonchev–Trinajstić information content (AvgIpc) is 2.32. The van der Waals surface area contributed by atoms with Gasteiger partial charge in [0.05, 0.1) is 6.61 Å². The fourth-order valence-corrected chi connectivity index (χ4v) is 3.01. The van der Waals surface area contributed by atoms with E-state index in [1.165, 1.54) is 30.8 Å². The van der Waals surface area contributed by atoms with Crippen LogP contribution in [0.3, 0.4) is 0 Å². The van der Waals surface area contributed by atoms with Crippen LogP contribution in [0.4, 0.5) is 0 Å².